The molecule has 0 saturated heterocycles. The number of carbonyl (C=O) groups is 1. The van der Waals surface area contributed by atoms with Crippen LogP contribution in [0.5, 0.6) is 11.5 Å². The van der Waals surface area contributed by atoms with Crippen LogP contribution in [0.2, 0.25) is 0 Å². The molecule has 1 amide bonds. The molecule has 0 heterocycles. The van der Waals surface area contributed by atoms with Crippen molar-refractivity contribution in [3.63, 3.8) is 0 Å². The van der Waals surface area contributed by atoms with Gasteiger partial charge in [0.25, 0.3) is 5.91 Å². The van der Waals surface area contributed by atoms with Gasteiger partial charge in [0.2, 0.25) is 0 Å². The third-order valence-corrected chi connectivity index (χ3v) is 5.09. The van der Waals surface area contributed by atoms with E-state index in [0.717, 1.165) is 30.9 Å². The highest BCUT2D eigenvalue weighted by atomic mass is 16.5. The Hall–Kier alpha value is -2.49. The second kappa shape index (κ2) is 12.9. The van der Waals surface area contributed by atoms with Crippen molar-refractivity contribution in [2.75, 3.05) is 18.5 Å². The maximum Gasteiger partial charge on any atom is 0.262 e. The van der Waals surface area contributed by atoms with Crippen LogP contribution < -0.4 is 14.8 Å². The molecule has 0 aliphatic carbocycles. The van der Waals surface area contributed by atoms with E-state index in [9.17, 15) is 4.79 Å². The molecule has 2 aromatic rings. The number of unbranched alkanes of at least 4 members (excludes halogenated alkanes) is 4. The number of rotatable bonds is 13. The minimum Gasteiger partial charge on any atom is -0.494 e. The van der Waals surface area contributed by atoms with E-state index in [1.165, 1.54) is 31.2 Å². The second-order valence-corrected chi connectivity index (χ2v) is 7.50. The van der Waals surface area contributed by atoms with Crippen molar-refractivity contribution in [1.29, 1.82) is 0 Å². The fourth-order valence-corrected chi connectivity index (χ4v) is 3.00. The molecule has 0 aliphatic heterocycles. The van der Waals surface area contributed by atoms with Crippen LogP contribution in [0, 0.1) is 0 Å². The minimum atomic E-state index is -0.180. The average molecular weight is 398 g/mol. The number of ether oxygens (including phenoxy) is 2. The molecule has 0 bridgehead atoms. The van der Waals surface area contributed by atoms with E-state index in [-0.39, 0.29) is 12.5 Å². The third kappa shape index (κ3) is 8.59. The summed E-state index contributed by atoms with van der Waals surface area (Å²) in [5.74, 6) is 1.88. The van der Waals surface area contributed by atoms with Crippen LogP contribution in [-0.4, -0.2) is 19.1 Å². The lowest BCUT2D eigenvalue weighted by molar-refractivity contribution is -0.118. The summed E-state index contributed by atoms with van der Waals surface area (Å²) in [6, 6.07) is 15.4. The number of carbonyl (C=O) groups excluding carboxylic acids is 1. The third-order valence-electron chi connectivity index (χ3n) is 5.09. The van der Waals surface area contributed by atoms with Crippen molar-refractivity contribution in [3.8, 4) is 11.5 Å². The van der Waals surface area contributed by atoms with Crippen LogP contribution in [-0.2, 0) is 4.79 Å². The Morgan fingerprint density at radius 1 is 0.862 bits per heavy atom. The minimum absolute atomic E-state index is 0.0152. The maximum atomic E-state index is 12.1. The van der Waals surface area contributed by atoms with Crippen molar-refractivity contribution in [1.82, 2.24) is 0 Å². The zero-order chi connectivity index (χ0) is 20.9. The molecule has 158 valence electrons. The van der Waals surface area contributed by atoms with Crippen molar-refractivity contribution >= 4 is 11.6 Å². The summed E-state index contributed by atoms with van der Waals surface area (Å²) in [6.07, 6.45) is 7.21. The van der Waals surface area contributed by atoms with Crippen molar-refractivity contribution < 1.29 is 14.3 Å². The van der Waals surface area contributed by atoms with Gasteiger partial charge in [-0.1, -0.05) is 58.6 Å². The number of hydrogen-bond acceptors (Lipinski definition) is 3. The van der Waals surface area contributed by atoms with Gasteiger partial charge in [-0.15, -0.1) is 0 Å². The predicted octanol–water partition coefficient (Wildman–Crippen LogP) is 6.57. The summed E-state index contributed by atoms with van der Waals surface area (Å²) in [5, 5.41) is 2.85. The first-order valence-electron chi connectivity index (χ1n) is 10.9. The Labute approximate surface area is 175 Å². The molecular formula is C25H35NO3. The van der Waals surface area contributed by atoms with E-state index < -0.39 is 0 Å². The number of anilines is 1. The fourth-order valence-electron chi connectivity index (χ4n) is 3.00. The molecule has 4 nitrogen and oxygen atoms in total. The van der Waals surface area contributed by atoms with Crippen molar-refractivity contribution in [3.05, 3.63) is 54.1 Å². The second-order valence-electron chi connectivity index (χ2n) is 7.50. The topological polar surface area (TPSA) is 47.6 Å². The van der Waals surface area contributed by atoms with Crippen LogP contribution in [0.25, 0.3) is 0 Å². The molecule has 4 heteroatoms. The standard InChI is InChI=1S/C25H35NO3/c1-4-6-7-8-9-18-28-23-16-12-22(13-17-23)26-25(27)19-29-24-14-10-21(11-15-24)20(3)5-2/h10-17,20H,4-9,18-19H2,1-3H3,(H,26,27). The van der Waals surface area contributed by atoms with Gasteiger partial charge in [0.05, 0.1) is 6.61 Å². The van der Waals surface area contributed by atoms with Gasteiger partial charge in [0, 0.05) is 5.69 Å². The molecule has 2 aromatic carbocycles. The van der Waals surface area contributed by atoms with Crippen molar-refractivity contribution in [2.24, 2.45) is 0 Å². The summed E-state index contributed by atoms with van der Waals surface area (Å²) < 4.78 is 11.3. The summed E-state index contributed by atoms with van der Waals surface area (Å²) in [5.41, 5.74) is 2.02. The molecule has 0 aliphatic rings. The molecule has 1 atom stereocenters. The van der Waals surface area contributed by atoms with Crippen molar-refractivity contribution in [2.45, 2.75) is 65.2 Å². The molecule has 29 heavy (non-hydrogen) atoms. The fraction of sp³-hybridized carbons (Fsp3) is 0.480. The zero-order valence-corrected chi connectivity index (χ0v) is 18.1. The van der Waals surface area contributed by atoms with E-state index in [1.807, 2.05) is 36.4 Å². The average Bonchev–Trinajstić information content (AvgIpc) is 2.75. The molecule has 0 fully saturated rings. The Bertz CT molecular complexity index is 710. The van der Waals surface area contributed by atoms with E-state index in [0.29, 0.717) is 11.7 Å². The number of amides is 1. The van der Waals surface area contributed by atoms with Gasteiger partial charge in [0.1, 0.15) is 11.5 Å². The number of benzene rings is 2. The van der Waals surface area contributed by atoms with Gasteiger partial charge in [0.15, 0.2) is 6.61 Å². The molecule has 0 radical (unpaired) electrons. The predicted molar refractivity (Wildman–Crippen MR) is 120 cm³/mol. The number of hydrogen-bond donors (Lipinski definition) is 1. The zero-order valence-electron chi connectivity index (χ0n) is 18.1. The van der Waals surface area contributed by atoms with E-state index >= 15 is 0 Å². The molecule has 0 saturated carbocycles. The summed E-state index contributed by atoms with van der Waals surface area (Å²) >= 11 is 0. The lowest BCUT2D eigenvalue weighted by atomic mass is 9.99. The van der Waals surface area contributed by atoms with E-state index in [4.69, 9.17) is 9.47 Å². The van der Waals surface area contributed by atoms with Gasteiger partial charge in [-0.05, 0) is 60.7 Å². The largest absolute Gasteiger partial charge is 0.494 e. The quantitative estimate of drug-likeness (QED) is 0.389. The van der Waals surface area contributed by atoms with Gasteiger partial charge >= 0.3 is 0 Å². The Morgan fingerprint density at radius 3 is 2.14 bits per heavy atom. The van der Waals surface area contributed by atoms with Crippen LogP contribution in [0.4, 0.5) is 5.69 Å². The van der Waals surface area contributed by atoms with Crippen LogP contribution >= 0.6 is 0 Å². The van der Waals surface area contributed by atoms with Gasteiger partial charge < -0.3 is 14.8 Å². The highest BCUT2D eigenvalue weighted by Gasteiger charge is 2.06. The van der Waals surface area contributed by atoms with E-state index in [1.54, 1.807) is 0 Å². The molecular weight excluding hydrogens is 362 g/mol. The van der Waals surface area contributed by atoms with Gasteiger partial charge in [-0.2, -0.15) is 0 Å². The lowest BCUT2D eigenvalue weighted by Gasteiger charge is -2.11. The Balaban J connectivity index is 1.69. The summed E-state index contributed by atoms with van der Waals surface area (Å²) in [6.45, 7) is 7.31. The summed E-state index contributed by atoms with van der Waals surface area (Å²) in [4.78, 5) is 12.1. The van der Waals surface area contributed by atoms with E-state index in [2.05, 4.69) is 38.2 Å². The Morgan fingerprint density at radius 2 is 1.48 bits per heavy atom. The highest BCUT2D eigenvalue weighted by Crippen LogP contribution is 2.21. The normalized spacial score (nSPS) is 11.7. The van der Waals surface area contributed by atoms with Gasteiger partial charge in [-0.25, -0.2) is 0 Å². The van der Waals surface area contributed by atoms with Gasteiger partial charge in [-0.3, -0.25) is 4.79 Å². The highest BCUT2D eigenvalue weighted by molar-refractivity contribution is 5.91. The Kier molecular flexibility index (Phi) is 10.1. The smallest absolute Gasteiger partial charge is 0.262 e. The molecule has 0 aromatic heterocycles. The van der Waals surface area contributed by atoms with Crippen LogP contribution in [0.15, 0.2) is 48.5 Å². The lowest BCUT2D eigenvalue weighted by Crippen LogP contribution is -2.20. The first kappa shape index (κ1) is 22.8. The maximum absolute atomic E-state index is 12.1. The molecule has 0 spiro atoms. The monoisotopic (exact) mass is 397 g/mol. The van der Waals surface area contributed by atoms with Crippen LogP contribution in [0.3, 0.4) is 0 Å². The molecule has 2 rings (SSSR count). The van der Waals surface area contributed by atoms with Crippen LogP contribution in [0.1, 0.15) is 70.8 Å². The first-order chi connectivity index (χ1) is 14.1. The molecule has 1 unspecified atom stereocenters. The number of nitrogens with one attached hydrogen (secondary N) is 1. The molecule has 1 N–H and O–H groups in total. The SMILES string of the molecule is CCCCCCCOc1ccc(NC(=O)COc2ccc(C(C)CC)cc2)cc1. The first-order valence-corrected chi connectivity index (χ1v) is 10.9. The summed E-state index contributed by atoms with van der Waals surface area (Å²) in [7, 11) is 0.